The molecule has 4 nitrogen and oxygen atoms in total. The second kappa shape index (κ2) is 10.3. The first-order valence-corrected chi connectivity index (χ1v) is 11.6. The highest BCUT2D eigenvalue weighted by molar-refractivity contribution is 14.1. The minimum Gasteiger partial charge on any atom is -0.486 e. The zero-order valence-electron chi connectivity index (χ0n) is 16.2. The lowest BCUT2D eigenvalue weighted by Gasteiger charge is -2.10. The molecule has 4 rings (SSSR count). The average Bonchev–Trinajstić information content (AvgIpc) is 3.26. The van der Waals surface area contributed by atoms with Gasteiger partial charge in [-0.2, -0.15) is 0 Å². The fourth-order valence-corrected chi connectivity index (χ4v) is 4.12. The molecule has 3 aromatic carbocycles. The summed E-state index contributed by atoms with van der Waals surface area (Å²) in [5, 5.41) is 3.62. The van der Waals surface area contributed by atoms with Crippen molar-refractivity contribution < 1.29 is 13.9 Å². The summed E-state index contributed by atoms with van der Waals surface area (Å²) in [6, 6.07) is 26.3. The minimum atomic E-state index is -0.315. The van der Waals surface area contributed by atoms with Crippen molar-refractivity contribution in [3.8, 4) is 5.75 Å². The summed E-state index contributed by atoms with van der Waals surface area (Å²) >= 11 is 9.75. The molecule has 0 fully saturated rings. The van der Waals surface area contributed by atoms with E-state index in [2.05, 4.69) is 27.9 Å². The molecule has 4 aromatic rings. The predicted octanol–water partition coefficient (Wildman–Crippen LogP) is 7.52. The van der Waals surface area contributed by atoms with Crippen LogP contribution in [0.15, 0.2) is 99.1 Å². The van der Waals surface area contributed by atoms with E-state index in [0.29, 0.717) is 16.5 Å². The Bertz CT molecular complexity index is 1180. The van der Waals surface area contributed by atoms with Crippen molar-refractivity contribution in [3.05, 3.63) is 105 Å². The first kappa shape index (κ1) is 21.8. The Labute approximate surface area is 203 Å². The monoisotopic (exact) mass is 561 g/mol. The highest BCUT2D eigenvalue weighted by Gasteiger charge is 2.14. The van der Waals surface area contributed by atoms with Crippen LogP contribution in [-0.2, 0) is 6.61 Å². The van der Waals surface area contributed by atoms with Crippen LogP contribution in [0.25, 0.3) is 0 Å². The zero-order valence-corrected chi connectivity index (χ0v) is 19.9. The number of rotatable bonds is 7. The van der Waals surface area contributed by atoms with Crippen molar-refractivity contribution in [2.45, 2.75) is 16.4 Å². The number of nitrogens with one attached hydrogen (secondary N) is 1. The lowest BCUT2D eigenvalue weighted by atomic mass is 10.3. The molecule has 1 amide bonds. The van der Waals surface area contributed by atoms with Gasteiger partial charge in [-0.05, 0) is 95.4 Å². The third-order valence-corrected chi connectivity index (χ3v) is 6.31. The van der Waals surface area contributed by atoms with Gasteiger partial charge in [0, 0.05) is 18.4 Å². The lowest BCUT2D eigenvalue weighted by molar-refractivity contribution is 0.0992. The molecule has 0 aliphatic heterocycles. The quantitative estimate of drug-likeness (QED) is 0.237. The number of hydrogen-bond acceptors (Lipinski definition) is 4. The maximum atomic E-state index is 12.7. The van der Waals surface area contributed by atoms with Crippen LogP contribution in [0.1, 0.15) is 16.3 Å². The number of hydrogen-bond donors (Lipinski definition) is 1. The van der Waals surface area contributed by atoms with Crippen LogP contribution < -0.4 is 10.1 Å². The minimum absolute atomic E-state index is 0.229. The van der Waals surface area contributed by atoms with Crippen LogP contribution in [0.4, 0.5) is 5.69 Å². The summed E-state index contributed by atoms with van der Waals surface area (Å²) < 4.78 is 12.5. The number of carbonyl (C=O) groups is 1. The van der Waals surface area contributed by atoms with E-state index in [1.165, 1.54) is 0 Å². The summed E-state index contributed by atoms with van der Waals surface area (Å²) in [5.41, 5.74) is 0.709. The van der Waals surface area contributed by atoms with E-state index >= 15 is 0 Å². The topological polar surface area (TPSA) is 51.5 Å². The molecular formula is C24H17ClINO3S. The van der Waals surface area contributed by atoms with Gasteiger partial charge in [0.15, 0.2) is 5.76 Å². The summed E-state index contributed by atoms with van der Waals surface area (Å²) in [6.07, 6.45) is 0. The van der Waals surface area contributed by atoms with E-state index in [-0.39, 0.29) is 18.3 Å². The van der Waals surface area contributed by atoms with Crippen molar-refractivity contribution in [1.82, 2.24) is 0 Å². The summed E-state index contributed by atoms with van der Waals surface area (Å²) in [4.78, 5) is 14.7. The average molecular weight is 562 g/mol. The first-order valence-electron chi connectivity index (χ1n) is 9.38. The number of anilines is 1. The van der Waals surface area contributed by atoms with Crippen molar-refractivity contribution in [2.75, 3.05) is 5.32 Å². The van der Waals surface area contributed by atoms with E-state index in [9.17, 15) is 4.79 Å². The molecule has 1 heterocycles. The van der Waals surface area contributed by atoms with Gasteiger partial charge in [0.1, 0.15) is 18.1 Å². The number of para-hydroxylation sites is 1. The SMILES string of the molecule is O=C(Nc1ccccc1Sc1ccc(Cl)cc1)c1ccc(COc2ccc(I)cc2)o1. The molecule has 31 heavy (non-hydrogen) atoms. The number of ether oxygens (including phenoxy) is 1. The van der Waals surface area contributed by atoms with Crippen LogP contribution >= 0.6 is 46.0 Å². The molecule has 1 N–H and O–H groups in total. The number of carbonyl (C=O) groups excluding carboxylic acids is 1. The van der Waals surface area contributed by atoms with E-state index in [1.807, 2.05) is 72.8 Å². The van der Waals surface area contributed by atoms with Gasteiger partial charge in [0.05, 0.1) is 5.69 Å². The summed E-state index contributed by atoms with van der Waals surface area (Å²) in [7, 11) is 0. The normalized spacial score (nSPS) is 10.6. The van der Waals surface area contributed by atoms with Crippen LogP contribution in [0.3, 0.4) is 0 Å². The van der Waals surface area contributed by atoms with Gasteiger partial charge in [0.2, 0.25) is 0 Å². The Kier molecular flexibility index (Phi) is 7.21. The molecule has 156 valence electrons. The van der Waals surface area contributed by atoms with Gasteiger partial charge >= 0.3 is 0 Å². The Hall–Kier alpha value is -2.42. The van der Waals surface area contributed by atoms with Crippen molar-refractivity contribution >= 4 is 57.5 Å². The second-order valence-electron chi connectivity index (χ2n) is 6.51. The van der Waals surface area contributed by atoms with E-state index < -0.39 is 0 Å². The standard InChI is InChI=1S/C24H17ClINO3S/c25-16-5-12-20(13-6-16)31-23-4-2-1-3-21(23)27-24(28)22-14-11-19(30-22)15-29-18-9-7-17(26)8-10-18/h1-14H,15H2,(H,27,28). The molecular weight excluding hydrogens is 545 g/mol. The van der Waals surface area contributed by atoms with E-state index in [0.717, 1.165) is 19.1 Å². The Balaban J connectivity index is 1.40. The molecule has 0 spiro atoms. The van der Waals surface area contributed by atoms with Crippen LogP contribution in [0.5, 0.6) is 5.75 Å². The van der Waals surface area contributed by atoms with Crippen LogP contribution in [0.2, 0.25) is 5.02 Å². The second-order valence-corrected chi connectivity index (χ2v) is 9.31. The molecule has 0 unspecified atom stereocenters. The van der Waals surface area contributed by atoms with Gasteiger partial charge < -0.3 is 14.5 Å². The largest absolute Gasteiger partial charge is 0.486 e. The number of furan rings is 1. The van der Waals surface area contributed by atoms with Crippen molar-refractivity contribution in [1.29, 1.82) is 0 Å². The highest BCUT2D eigenvalue weighted by atomic mass is 127. The molecule has 0 saturated heterocycles. The van der Waals surface area contributed by atoms with Gasteiger partial charge in [-0.25, -0.2) is 0 Å². The van der Waals surface area contributed by atoms with E-state index in [1.54, 1.807) is 23.9 Å². The van der Waals surface area contributed by atoms with Crippen LogP contribution in [-0.4, -0.2) is 5.91 Å². The van der Waals surface area contributed by atoms with Gasteiger partial charge in [-0.3, -0.25) is 4.79 Å². The highest BCUT2D eigenvalue weighted by Crippen LogP contribution is 2.34. The number of halogens is 2. The Morgan fingerprint density at radius 2 is 1.71 bits per heavy atom. The fraction of sp³-hybridized carbons (Fsp3) is 0.0417. The molecule has 0 aliphatic rings. The molecule has 0 bridgehead atoms. The molecule has 0 aliphatic carbocycles. The van der Waals surface area contributed by atoms with E-state index in [4.69, 9.17) is 20.8 Å². The molecule has 0 atom stereocenters. The Morgan fingerprint density at radius 1 is 0.968 bits per heavy atom. The van der Waals surface area contributed by atoms with Gasteiger partial charge in [0.25, 0.3) is 5.91 Å². The third kappa shape index (κ3) is 6.06. The lowest BCUT2D eigenvalue weighted by Crippen LogP contribution is -2.11. The van der Waals surface area contributed by atoms with Gasteiger partial charge in [-0.1, -0.05) is 35.5 Å². The Morgan fingerprint density at radius 3 is 2.48 bits per heavy atom. The smallest absolute Gasteiger partial charge is 0.291 e. The number of amides is 1. The van der Waals surface area contributed by atoms with Crippen molar-refractivity contribution in [3.63, 3.8) is 0 Å². The maximum Gasteiger partial charge on any atom is 0.291 e. The molecule has 7 heteroatoms. The van der Waals surface area contributed by atoms with Crippen molar-refractivity contribution in [2.24, 2.45) is 0 Å². The summed E-state index contributed by atoms with van der Waals surface area (Å²) in [6.45, 7) is 0.247. The maximum absolute atomic E-state index is 12.7. The van der Waals surface area contributed by atoms with Gasteiger partial charge in [-0.15, -0.1) is 0 Å². The third-order valence-electron chi connectivity index (χ3n) is 4.26. The fourth-order valence-electron chi connectivity index (χ4n) is 2.74. The van der Waals surface area contributed by atoms with Crippen LogP contribution in [0, 0.1) is 3.57 Å². The molecule has 0 radical (unpaired) electrons. The zero-order chi connectivity index (χ0) is 21.6. The molecule has 1 aromatic heterocycles. The summed E-state index contributed by atoms with van der Waals surface area (Å²) in [5.74, 6) is 1.24. The molecule has 0 saturated carbocycles. The first-order chi connectivity index (χ1) is 15.1. The predicted molar refractivity (Wildman–Crippen MR) is 132 cm³/mol. The number of benzene rings is 3.